The van der Waals surface area contributed by atoms with E-state index in [0.717, 1.165) is 37.0 Å². The van der Waals surface area contributed by atoms with Crippen LogP contribution in [0.4, 0.5) is 5.69 Å². The first-order valence-corrected chi connectivity index (χ1v) is 12.6. The average Bonchev–Trinajstić information content (AvgIpc) is 3.15. The number of rotatable bonds is 7. The van der Waals surface area contributed by atoms with Crippen molar-refractivity contribution in [3.63, 3.8) is 0 Å². The van der Waals surface area contributed by atoms with Crippen molar-refractivity contribution in [1.82, 2.24) is 4.90 Å². The van der Waals surface area contributed by atoms with Crippen LogP contribution in [0.25, 0.3) is 0 Å². The molecule has 2 amide bonds. The molecule has 1 aliphatic rings. The summed E-state index contributed by atoms with van der Waals surface area (Å²) in [6.45, 7) is 10.1. The zero-order valence-electron chi connectivity index (χ0n) is 21.0. The van der Waals surface area contributed by atoms with Gasteiger partial charge in [0.1, 0.15) is 10.9 Å². The van der Waals surface area contributed by atoms with E-state index in [2.05, 4.69) is 18.8 Å². The number of anilines is 1. The molecule has 1 atom stereocenters. The maximum atomic E-state index is 13.9. The van der Waals surface area contributed by atoms with Gasteiger partial charge in [-0.2, -0.15) is 0 Å². The van der Waals surface area contributed by atoms with Crippen LogP contribution >= 0.6 is 11.3 Å². The van der Waals surface area contributed by atoms with Crippen LogP contribution in [0.2, 0.25) is 0 Å². The molecule has 7 heteroatoms. The van der Waals surface area contributed by atoms with Gasteiger partial charge in [-0.15, -0.1) is 11.3 Å². The number of likely N-dealkylation sites (N-methyl/N-ethyl adjacent to an activating group) is 1. The molecular formula is C26H38N2O4S. The molecule has 1 aromatic heterocycles. The van der Waals surface area contributed by atoms with Crippen molar-refractivity contribution < 1.29 is 19.5 Å². The largest absolute Gasteiger partial charge is 0.477 e. The fraction of sp³-hybridized carbons (Fsp3) is 0.654. The third kappa shape index (κ3) is 7.07. The summed E-state index contributed by atoms with van der Waals surface area (Å²) in [4.78, 5) is 42.9. The summed E-state index contributed by atoms with van der Waals surface area (Å²) < 4.78 is 0. The predicted molar refractivity (Wildman–Crippen MR) is 134 cm³/mol. The van der Waals surface area contributed by atoms with E-state index in [1.54, 1.807) is 20.2 Å². The number of thiophene rings is 1. The van der Waals surface area contributed by atoms with Gasteiger partial charge in [0.2, 0.25) is 11.8 Å². The highest BCUT2D eigenvalue weighted by atomic mass is 32.1. The van der Waals surface area contributed by atoms with E-state index in [9.17, 15) is 19.5 Å². The van der Waals surface area contributed by atoms with E-state index in [4.69, 9.17) is 0 Å². The number of hydrogen-bond acceptors (Lipinski definition) is 4. The summed E-state index contributed by atoms with van der Waals surface area (Å²) in [6.07, 6.45) is 4.59. The Bertz CT molecular complexity index is 924. The lowest BCUT2D eigenvalue weighted by atomic mass is 9.82. The van der Waals surface area contributed by atoms with E-state index in [1.165, 1.54) is 9.80 Å². The van der Waals surface area contributed by atoms with E-state index in [-0.39, 0.29) is 28.0 Å². The third-order valence-electron chi connectivity index (χ3n) is 5.93. The van der Waals surface area contributed by atoms with E-state index < -0.39 is 12.0 Å². The lowest BCUT2D eigenvalue weighted by Crippen LogP contribution is -2.52. The van der Waals surface area contributed by atoms with Gasteiger partial charge in [0.25, 0.3) is 0 Å². The Hall–Kier alpha value is -2.33. The number of carbonyl (C=O) groups excluding carboxylic acids is 2. The maximum absolute atomic E-state index is 13.9. The van der Waals surface area contributed by atoms with Crippen LogP contribution in [0.5, 0.6) is 0 Å². The van der Waals surface area contributed by atoms with Crippen LogP contribution in [0, 0.1) is 29.1 Å². The fourth-order valence-corrected chi connectivity index (χ4v) is 4.94. The summed E-state index contributed by atoms with van der Waals surface area (Å²) in [5.41, 5.74) is 0.0518. The second-order valence-electron chi connectivity index (χ2n) is 10.3. The van der Waals surface area contributed by atoms with Gasteiger partial charge in [-0.1, -0.05) is 32.1 Å². The fourth-order valence-electron chi connectivity index (χ4n) is 4.10. The number of carbonyl (C=O) groups is 3. The molecule has 0 unspecified atom stereocenters. The minimum absolute atomic E-state index is 0.0541. The SMILES string of the molecule is CCC[C@@H](C(=O)N(C)C)N(c1cc(C#CC(C)(C)C)sc1C(=O)O)C(=O)[C@H]1CC[C@H](C)CC1. The minimum atomic E-state index is -1.11. The zero-order chi connectivity index (χ0) is 24.9. The van der Waals surface area contributed by atoms with Crippen molar-refractivity contribution in [3.05, 3.63) is 15.8 Å². The maximum Gasteiger partial charge on any atom is 0.348 e. The molecule has 6 nitrogen and oxygen atoms in total. The van der Waals surface area contributed by atoms with Crippen LogP contribution in [0.15, 0.2) is 6.07 Å². The summed E-state index contributed by atoms with van der Waals surface area (Å²) in [7, 11) is 3.34. The Morgan fingerprint density at radius 1 is 1.18 bits per heavy atom. The average molecular weight is 475 g/mol. The van der Waals surface area contributed by atoms with Crippen LogP contribution < -0.4 is 4.90 Å². The Labute approximate surface area is 202 Å². The molecule has 0 aliphatic heterocycles. The summed E-state index contributed by atoms with van der Waals surface area (Å²) >= 11 is 1.06. The monoisotopic (exact) mass is 474 g/mol. The molecule has 0 radical (unpaired) electrons. The van der Waals surface area contributed by atoms with Crippen LogP contribution in [0.1, 0.15) is 87.7 Å². The molecule has 1 heterocycles. The number of hydrogen-bond donors (Lipinski definition) is 1. The van der Waals surface area contributed by atoms with Crippen molar-refractivity contribution in [2.45, 2.75) is 79.2 Å². The Morgan fingerprint density at radius 2 is 1.79 bits per heavy atom. The standard InChI is InChI=1S/C26H38N2O4S/c1-8-9-20(24(30)27(6)7)28(23(29)18-12-10-17(2)11-13-18)21-16-19(14-15-26(3,4)5)33-22(21)25(31)32/h16-18,20H,8-13H2,1-7H3,(H,31,32)/t17-,18-,20-/m0/s1. The van der Waals surface area contributed by atoms with Crippen molar-refractivity contribution >= 4 is 34.8 Å². The molecule has 0 saturated heterocycles. The number of amides is 2. The highest BCUT2D eigenvalue weighted by Crippen LogP contribution is 2.37. The first kappa shape index (κ1) is 26.9. The Morgan fingerprint density at radius 3 is 2.27 bits per heavy atom. The van der Waals surface area contributed by atoms with Gasteiger partial charge in [0.15, 0.2) is 0 Å². The van der Waals surface area contributed by atoms with Gasteiger partial charge >= 0.3 is 5.97 Å². The molecule has 33 heavy (non-hydrogen) atoms. The lowest BCUT2D eigenvalue weighted by Gasteiger charge is -2.36. The quantitative estimate of drug-likeness (QED) is 0.547. The van der Waals surface area contributed by atoms with Gasteiger partial charge in [-0.25, -0.2) is 4.79 Å². The summed E-state index contributed by atoms with van der Waals surface area (Å²) in [6, 6.07) is 0.940. The van der Waals surface area contributed by atoms with Crippen molar-refractivity contribution in [1.29, 1.82) is 0 Å². The molecule has 1 saturated carbocycles. The topological polar surface area (TPSA) is 77.9 Å². The highest BCUT2D eigenvalue weighted by Gasteiger charge is 2.38. The third-order valence-corrected chi connectivity index (χ3v) is 6.96. The molecule has 1 aliphatic carbocycles. The first-order chi connectivity index (χ1) is 15.4. The molecule has 0 bridgehead atoms. The smallest absolute Gasteiger partial charge is 0.348 e. The van der Waals surface area contributed by atoms with Gasteiger partial charge in [-0.3, -0.25) is 14.5 Å². The molecular weight excluding hydrogens is 436 g/mol. The molecule has 1 aromatic rings. The first-order valence-electron chi connectivity index (χ1n) is 11.8. The number of carboxylic acid groups (broad SMARTS) is 1. The van der Waals surface area contributed by atoms with Crippen LogP contribution in [-0.2, 0) is 9.59 Å². The van der Waals surface area contributed by atoms with E-state index >= 15 is 0 Å². The van der Waals surface area contributed by atoms with E-state index in [1.807, 2.05) is 27.7 Å². The second-order valence-corrected chi connectivity index (χ2v) is 11.4. The zero-order valence-corrected chi connectivity index (χ0v) is 21.8. The number of aromatic carboxylic acids is 1. The summed E-state index contributed by atoms with van der Waals surface area (Å²) in [5, 5.41) is 9.97. The Balaban J connectivity index is 2.64. The van der Waals surface area contributed by atoms with Crippen molar-refractivity contribution in [3.8, 4) is 11.8 Å². The molecule has 2 rings (SSSR count). The summed E-state index contributed by atoms with van der Waals surface area (Å²) in [5.74, 6) is 5.13. The molecule has 1 fully saturated rings. The highest BCUT2D eigenvalue weighted by molar-refractivity contribution is 7.15. The van der Waals surface area contributed by atoms with Gasteiger partial charge in [0, 0.05) is 25.4 Å². The number of nitrogens with zero attached hydrogens (tertiary/aromatic N) is 2. The van der Waals surface area contributed by atoms with Gasteiger partial charge in [0.05, 0.1) is 10.6 Å². The van der Waals surface area contributed by atoms with Gasteiger partial charge in [-0.05, 0) is 64.9 Å². The second kappa shape index (κ2) is 11.2. The normalized spacial score (nSPS) is 19.2. The van der Waals surface area contributed by atoms with Crippen LogP contribution in [0.3, 0.4) is 0 Å². The molecule has 1 N–H and O–H groups in total. The van der Waals surface area contributed by atoms with Crippen LogP contribution in [-0.4, -0.2) is 47.9 Å². The van der Waals surface area contributed by atoms with E-state index in [0.29, 0.717) is 29.3 Å². The lowest BCUT2D eigenvalue weighted by molar-refractivity contribution is -0.133. The predicted octanol–water partition coefficient (Wildman–Crippen LogP) is 5.26. The molecule has 182 valence electrons. The number of carboxylic acids is 1. The van der Waals surface area contributed by atoms with Gasteiger partial charge < -0.3 is 10.0 Å². The van der Waals surface area contributed by atoms with Crippen molar-refractivity contribution in [2.75, 3.05) is 19.0 Å². The minimum Gasteiger partial charge on any atom is -0.477 e. The molecule has 0 spiro atoms. The molecule has 0 aromatic carbocycles. The Kier molecular flexibility index (Phi) is 9.13. The van der Waals surface area contributed by atoms with Crippen molar-refractivity contribution in [2.24, 2.45) is 17.3 Å².